The lowest BCUT2D eigenvalue weighted by Crippen LogP contribution is -2.44. The molecule has 104 valence electrons. The summed E-state index contributed by atoms with van der Waals surface area (Å²) in [4.78, 5) is 4.64. The summed E-state index contributed by atoms with van der Waals surface area (Å²) < 4.78 is 5.51. The van der Waals surface area contributed by atoms with Gasteiger partial charge in [0.25, 0.3) is 0 Å². The Bertz CT molecular complexity index is 458. The van der Waals surface area contributed by atoms with Gasteiger partial charge in [-0.25, -0.2) is 0 Å². The Hall–Kier alpha value is -0.900. The van der Waals surface area contributed by atoms with Crippen molar-refractivity contribution in [2.75, 3.05) is 0 Å². The van der Waals surface area contributed by atoms with Crippen LogP contribution in [-0.4, -0.2) is 16.2 Å². The summed E-state index contributed by atoms with van der Waals surface area (Å²) in [6.45, 7) is 2.26. The summed E-state index contributed by atoms with van der Waals surface area (Å²) in [6, 6.07) is 0.984. The number of aromatic nitrogens is 2. The number of fused-ring (bicyclic) bond motifs is 1. The van der Waals surface area contributed by atoms with Crippen LogP contribution in [0, 0.1) is 11.8 Å². The molecule has 0 aromatic carbocycles. The monoisotopic (exact) mass is 261 g/mol. The summed E-state index contributed by atoms with van der Waals surface area (Å²) in [5.41, 5.74) is 0. The van der Waals surface area contributed by atoms with E-state index < -0.39 is 0 Å². The molecule has 1 aliphatic heterocycles. The normalized spacial score (nSPS) is 41.8. The van der Waals surface area contributed by atoms with E-state index in [1.54, 1.807) is 0 Å². The van der Waals surface area contributed by atoms with Gasteiger partial charge in [-0.2, -0.15) is 4.98 Å². The molecule has 1 saturated heterocycles. The van der Waals surface area contributed by atoms with Crippen molar-refractivity contribution < 1.29 is 4.52 Å². The van der Waals surface area contributed by atoms with Crippen LogP contribution in [0.5, 0.6) is 0 Å². The van der Waals surface area contributed by atoms with Crippen molar-refractivity contribution in [3.05, 3.63) is 11.7 Å². The fourth-order valence-electron chi connectivity index (χ4n) is 3.91. The third-order valence-electron chi connectivity index (χ3n) is 5.35. The third kappa shape index (κ3) is 2.20. The van der Waals surface area contributed by atoms with Crippen molar-refractivity contribution >= 4 is 0 Å². The maximum Gasteiger partial charge on any atom is 0.243 e. The van der Waals surface area contributed by atoms with Crippen LogP contribution in [0.25, 0.3) is 0 Å². The van der Waals surface area contributed by atoms with Crippen molar-refractivity contribution in [3.8, 4) is 0 Å². The molecule has 2 aliphatic carbocycles. The van der Waals surface area contributed by atoms with Crippen molar-refractivity contribution in [1.29, 1.82) is 0 Å². The Kier molecular flexibility index (Phi) is 2.87. The number of nitrogens with zero attached hydrogens (tertiary/aromatic N) is 2. The first-order valence-electron chi connectivity index (χ1n) is 7.91. The van der Waals surface area contributed by atoms with E-state index in [9.17, 15) is 0 Å². The van der Waals surface area contributed by atoms with Crippen molar-refractivity contribution in [2.24, 2.45) is 11.8 Å². The summed E-state index contributed by atoms with van der Waals surface area (Å²) in [6.07, 6.45) is 9.21. The highest BCUT2D eigenvalue weighted by atomic mass is 16.5. The quantitative estimate of drug-likeness (QED) is 0.888. The van der Waals surface area contributed by atoms with Gasteiger partial charge < -0.3 is 9.84 Å². The molecule has 2 heterocycles. The Balaban J connectivity index is 1.45. The number of hydrogen-bond acceptors (Lipinski definition) is 4. The average Bonchev–Trinajstić information content (AvgIpc) is 3.00. The summed E-state index contributed by atoms with van der Waals surface area (Å²) in [5.74, 6) is 3.96. The van der Waals surface area contributed by atoms with Crippen molar-refractivity contribution in [2.45, 2.75) is 69.9 Å². The molecule has 0 amide bonds. The second kappa shape index (κ2) is 4.58. The first-order valence-corrected chi connectivity index (χ1v) is 7.91. The Labute approximate surface area is 114 Å². The molecule has 1 aromatic heterocycles. The minimum absolute atomic E-state index is 0.301. The fraction of sp³-hybridized carbons (Fsp3) is 0.867. The Morgan fingerprint density at radius 1 is 1.16 bits per heavy atom. The molecule has 3 aliphatic rings. The fourth-order valence-corrected chi connectivity index (χ4v) is 3.91. The zero-order chi connectivity index (χ0) is 12.8. The molecular weight excluding hydrogens is 238 g/mol. The van der Waals surface area contributed by atoms with Crippen LogP contribution < -0.4 is 5.32 Å². The van der Waals surface area contributed by atoms with Gasteiger partial charge in [-0.3, -0.25) is 0 Å². The maximum absolute atomic E-state index is 5.51. The van der Waals surface area contributed by atoms with E-state index in [1.165, 1.54) is 38.5 Å². The molecule has 0 radical (unpaired) electrons. The second-order valence-corrected chi connectivity index (χ2v) is 6.76. The molecule has 19 heavy (non-hydrogen) atoms. The highest BCUT2D eigenvalue weighted by Gasteiger charge is 2.39. The molecule has 4 heteroatoms. The highest BCUT2D eigenvalue weighted by molar-refractivity contribution is 5.09. The van der Waals surface area contributed by atoms with Crippen LogP contribution >= 0.6 is 0 Å². The molecule has 0 spiro atoms. The number of rotatable bonds is 2. The number of piperidine rings is 1. The molecule has 3 fully saturated rings. The van der Waals surface area contributed by atoms with E-state index >= 15 is 0 Å². The van der Waals surface area contributed by atoms with E-state index in [0.29, 0.717) is 18.0 Å². The molecule has 5 atom stereocenters. The SMILES string of the molecule is CC1CC1c1noc(C2CCC3CCCCC3N2)n1. The largest absolute Gasteiger partial charge is 0.338 e. The Morgan fingerprint density at radius 3 is 2.84 bits per heavy atom. The molecule has 4 nitrogen and oxygen atoms in total. The highest BCUT2D eigenvalue weighted by Crippen LogP contribution is 2.46. The zero-order valence-corrected chi connectivity index (χ0v) is 11.6. The molecule has 5 unspecified atom stereocenters. The predicted octanol–water partition coefficient (Wildman–Crippen LogP) is 3.18. The summed E-state index contributed by atoms with van der Waals surface area (Å²) in [7, 11) is 0. The third-order valence-corrected chi connectivity index (χ3v) is 5.35. The number of nitrogens with one attached hydrogen (secondary N) is 1. The van der Waals surface area contributed by atoms with Crippen molar-refractivity contribution in [3.63, 3.8) is 0 Å². The minimum atomic E-state index is 0.301. The molecule has 2 saturated carbocycles. The van der Waals surface area contributed by atoms with Crippen LogP contribution in [0.3, 0.4) is 0 Å². The lowest BCUT2D eigenvalue weighted by Gasteiger charge is -2.39. The van der Waals surface area contributed by atoms with E-state index in [2.05, 4.69) is 22.4 Å². The van der Waals surface area contributed by atoms with Crippen LogP contribution in [0.1, 0.15) is 75.5 Å². The van der Waals surface area contributed by atoms with Crippen molar-refractivity contribution in [1.82, 2.24) is 15.5 Å². The Morgan fingerprint density at radius 2 is 2.00 bits per heavy atom. The van der Waals surface area contributed by atoms with Gasteiger partial charge in [0.15, 0.2) is 5.82 Å². The molecular formula is C15H23N3O. The van der Waals surface area contributed by atoms with E-state index in [-0.39, 0.29) is 0 Å². The van der Waals surface area contributed by atoms with Gasteiger partial charge in [-0.15, -0.1) is 0 Å². The molecule has 4 rings (SSSR count). The van der Waals surface area contributed by atoms with Gasteiger partial charge in [0.05, 0.1) is 6.04 Å². The molecule has 1 N–H and O–H groups in total. The summed E-state index contributed by atoms with van der Waals surface area (Å²) >= 11 is 0. The van der Waals surface area contributed by atoms with Gasteiger partial charge in [0, 0.05) is 12.0 Å². The van der Waals surface area contributed by atoms with Gasteiger partial charge in [-0.1, -0.05) is 24.9 Å². The van der Waals surface area contributed by atoms with Gasteiger partial charge in [0.1, 0.15) is 0 Å². The zero-order valence-electron chi connectivity index (χ0n) is 11.6. The van der Waals surface area contributed by atoms with Crippen LogP contribution in [0.2, 0.25) is 0 Å². The van der Waals surface area contributed by atoms with Crippen LogP contribution in [0.15, 0.2) is 4.52 Å². The first kappa shape index (κ1) is 11.9. The smallest absolute Gasteiger partial charge is 0.243 e. The predicted molar refractivity (Wildman–Crippen MR) is 71.7 cm³/mol. The second-order valence-electron chi connectivity index (χ2n) is 6.76. The van der Waals surface area contributed by atoms with Crippen LogP contribution in [0.4, 0.5) is 0 Å². The lowest BCUT2D eigenvalue weighted by molar-refractivity contribution is 0.158. The van der Waals surface area contributed by atoms with Gasteiger partial charge >= 0.3 is 0 Å². The molecule has 0 bridgehead atoms. The van der Waals surface area contributed by atoms with E-state index in [0.717, 1.165) is 30.0 Å². The topological polar surface area (TPSA) is 51.0 Å². The minimum Gasteiger partial charge on any atom is -0.338 e. The van der Waals surface area contributed by atoms with Gasteiger partial charge in [0.2, 0.25) is 5.89 Å². The number of hydrogen-bond donors (Lipinski definition) is 1. The van der Waals surface area contributed by atoms with E-state index in [1.807, 2.05) is 0 Å². The lowest BCUT2D eigenvalue weighted by atomic mass is 9.78. The summed E-state index contributed by atoms with van der Waals surface area (Å²) in [5, 5.41) is 7.94. The maximum atomic E-state index is 5.51. The average molecular weight is 261 g/mol. The first-order chi connectivity index (χ1) is 9.31. The standard InChI is InChI=1S/C15H23N3O/c1-9-8-11(9)14-17-15(19-18-14)13-7-6-10-4-2-3-5-12(10)16-13/h9-13,16H,2-8H2,1H3. The van der Waals surface area contributed by atoms with E-state index in [4.69, 9.17) is 4.52 Å². The molecule has 1 aromatic rings. The van der Waals surface area contributed by atoms with Crippen LogP contribution in [-0.2, 0) is 0 Å². The van der Waals surface area contributed by atoms with Gasteiger partial charge in [-0.05, 0) is 43.9 Å².